The smallest absolute Gasteiger partial charge is 0.475 e. The molecule has 0 aromatic heterocycles. The summed E-state index contributed by atoms with van der Waals surface area (Å²) < 4.78 is 20.9. The lowest BCUT2D eigenvalue weighted by atomic mass is 10.0. The van der Waals surface area contributed by atoms with Crippen LogP contribution in [0.5, 0.6) is 0 Å². The van der Waals surface area contributed by atoms with E-state index in [1.807, 2.05) is 29.2 Å². The van der Waals surface area contributed by atoms with E-state index in [1.54, 1.807) is 14.7 Å². The van der Waals surface area contributed by atoms with E-state index in [2.05, 4.69) is 16.8 Å². The van der Waals surface area contributed by atoms with Gasteiger partial charge in [0.15, 0.2) is 6.61 Å². The number of anilines is 1. The van der Waals surface area contributed by atoms with Crippen molar-refractivity contribution in [2.75, 3.05) is 97.1 Å². The summed E-state index contributed by atoms with van der Waals surface area (Å²) in [5, 5.41) is 31.2. The van der Waals surface area contributed by atoms with E-state index >= 15 is 0 Å². The number of carbonyl (C=O) groups is 4. The predicted octanol–water partition coefficient (Wildman–Crippen LogP) is 5.85. The number of rotatable bonds is 31. The summed E-state index contributed by atoms with van der Waals surface area (Å²) in [5.41, 5.74) is 1.92. The minimum absolute atomic E-state index is 0.0591. The number of benzene rings is 1. The minimum Gasteiger partial charge on any atom is -0.480 e. The number of hydrogen-bond acceptors (Lipinski definition) is 11. The number of carboxylic acid groups (broad SMARTS) is 3. The molecule has 0 saturated carbocycles. The molecule has 1 aromatic carbocycles. The first kappa shape index (κ1) is 52.1. The molecule has 1 aliphatic rings. The van der Waals surface area contributed by atoms with Gasteiger partial charge in [-0.1, -0.05) is 102 Å². The largest absolute Gasteiger partial charge is 0.480 e. The Bertz CT molecular complexity index is 1340. The number of aliphatic carboxylic acids is 3. The summed E-state index contributed by atoms with van der Waals surface area (Å²) >= 11 is 0. The number of nitrogens with one attached hydrogen (secondary N) is 1. The van der Waals surface area contributed by atoms with Crippen LogP contribution in [0.4, 0.5) is 5.69 Å². The lowest BCUT2D eigenvalue weighted by Gasteiger charge is -2.32. The second-order valence-electron chi connectivity index (χ2n) is 15.6. The van der Waals surface area contributed by atoms with E-state index in [9.17, 15) is 44.0 Å². The Morgan fingerprint density at radius 3 is 1.24 bits per heavy atom. The summed E-state index contributed by atoms with van der Waals surface area (Å²) in [6, 6.07) is 7.92. The van der Waals surface area contributed by atoms with E-state index in [-0.39, 0.29) is 45.3 Å². The second-order valence-corrected chi connectivity index (χ2v) is 17.0. The monoisotopic (exact) mass is 855 g/mol. The van der Waals surface area contributed by atoms with Crippen LogP contribution >= 0.6 is 7.82 Å². The van der Waals surface area contributed by atoms with Crippen molar-refractivity contribution < 1.29 is 53.0 Å². The Hall–Kier alpha value is -3.08. The van der Waals surface area contributed by atoms with Crippen LogP contribution in [0, 0.1) is 6.92 Å². The fourth-order valence-corrected chi connectivity index (χ4v) is 7.85. The third-order valence-electron chi connectivity index (χ3n) is 10.5. The minimum atomic E-state index is -3.91. The Balaban J connectivity index is 1.60. The molecule has 2 rings (SSSR count). The highest BCUT2D eigenvalue weighted by Crippen LogP contribution is 2.42. The highest BCUT2D eigenvalue weighted by molar-refractivity contribution is 7.47. The van der Waals surface area contributed by atoms with Gasteiger partial charge in [-0.05, 0) is 37.0 Å². The summed E-state index contributed by atoms with van der Waals surface area (Å²) in [5.74, 6) is -3.20. The average molecular weight is 855 g/mol. The van der Waals surface area contributed by atoms with Gasteiger partial charge in [0, 0.05) is 58.0 Å². The van der Waals surface area contributed by atoms with E-state index < -0.39 is 25.7 Å². The number of phosphoric ester groups is 1. The maximum atomic E-state index is 13.1. The van der Waals surface area contributed by atoms with Crippen LogP contribution in [0.1, 0.15) is 108 Å². The molecule has 59 heavy (non-hydrogen) atoms. The van der Waals surface area contributed by atoms with Gasteiger partial charge in [-0.25, -0.2) is 9.09 Å². The molecule has 1 fully saturated rings. The molecule has 0 radical (unpaired) electrons. The van der Waals surface area contributed by atoms with Crippen LogP contribution in [0.25, 0.3) is 0 Å². The van der Waals surface area contributed by atoms with Gasteiger partial charge < -0.3 is 25.5 Å². The molecule has 0 bridgehead atoms. The second kappa shape index (κ2) is 31.7. The normalized spacial score (nSPS) is 16.5. The van der Waals surface area contributed by atoms with Gasteiger partial charge in [-0.2, -0.15) is 0 Å². The van der Waals surface area contributed by atoms with Gasteiger partial charge in [-0.3, -0.25) is 43.3 Å². The highest BCUT2D eigenvalue weighted by atomic mass is 31.2. The predicted molar refractivity (Wildman–Crippen MR) is 228 cm³/mol. The summed E-state index contributed by atoms with van der Waals surface area (Å²) in [7, 11) is -3.91. The van der Waals surface area contributed by atoms with Crippen molar-refractivity contribution in [1.29, 1.82) is 0 Å². The van der Waals surface area contributed by atoms with E-state index in [0.29, 0.717) is 58.0 Å². The molecule has 16 nitrogen and oxygen atoms in total. The van der Waals surface area contributed by atoms with Crippen LogP contribution < -0.4 is 5.32 Å². The molecule has 1 atom stereocenters. The molecule has 0 spiro atoms. The van der Waals surface area contributed by atoms with E-state index in [0.717, 1.165) is 32.1 Å². The van der Waals surface area contributed by atoms with Gasteiger partial charge in [0.1, 0.15) is 0 Å². The average Bonchev–Trinajstić information content (AvgIpc) is 3.16. The van der Waals surface area contributed by atoms with Crippen molar-refractivity contribution in [2.24, 2.45) is 0 Å². The zero-order chi connectivity index (χ0) is 43.1. The van der Waals surface area contributed by atoms with Gasteiger partial charge in [0.2, 0.25) is 5.91 Å². The van der Waals surface area contributed by atoms with Crippen molar-refractivity contribution in [3.63, 3.8) is 0 Å². The van der Waals surface area contributed by atoms with Crippen molar-refractivity contribution >= 4 is 37.3 Å². The summed E-state index contributed by atoms with van der Waals surface area (Å²) in [4.78, 5) is 64.1. The number of nitrogens with zero attached hydrogens (tertiary/aromatic N) is 4. The zero-order valence-electron chi connectivity index (χ0n) is 35.3. The van der Waals surface area contributed by atoms with Crippen molar-refractivity contribution in [2.45, 2.75) is 109 Å². The van der Waals surface area contributed by atoms with Crippen molar-refractivity contribution in [3.8, 4) is 0 Å². The maximum absolute atomic E-state index is 13.1. The Morgan fingerprint density at radius 2 is 0.881 bits per heavy atom. The first-order valence-corrected chi connectivity index (χ1v) is 23.2. The lowest BCUT2D eigenvalue weighted by Crippen LogP contribution is -2.49. The molecule has 17 heteroatoms. The molecular weight excluding hydrogens is 781 g/mol. The van der Waals surface area contributed by atoms with Crippen LogP contribution in [-0.4, -0.2) is 155 Å². The number of unbranched alkanes of at least 4 members (excludes halogenated alkanes) is 15. The first-order valence-electron chi connectivity index (χ1n) is 21.7. The standard InChI is InChI=1S/C42H72N5O11P/c1-2-57-59(55,56)58-32-18-16-14-12-10-8-6-4-3-5-7-9-11-13-15-17-19-37-20-22-38(23-21-37)43-39(48)33-44-24-26-45(34-40(49)50)28-30-47(36-42(53)54)31-29-46(27-25-44)35-41(51)52/h20-23H,1-19,24-36H2,(H4-,43,48,49,50,51,52,53,54,55,56)/p+1. The van der Waals surface area contributed by atoms with E-state index in [4.69, 9.17) is 4.52 Å². The van der Waals surface area contributed by atoms with Gasteiger partial charge >= 0.3 is 25.7 Å². The van der Waals surface area contributed by atoms with Crippen LogP contribution in [0.3, 0.4) is 0 Å². The zero-order valence-corrected chi connectivity index (χ0v) is 36.2. The Morgan fingerprint density at radius 1 is 0.542 bits per heavy atom. The third kappa shape index (κ3) is 28.1. The molecule has 336 valence electrons. The van der Waals surface area contributed by atoms with Gasteiger partial charge in [0.25, 0.3) is 0 Å². The van der Waals surface area contributed by atoms with Gasteiger partial charge in [-0.15, -0.1) is 0 Å². The highest BCUT2D eigenvalue weighted by Gasteiger charge is 2.22. The van der Waals surface area contributed by atoms with Crippen molar-refractivity contribution in [1.82, 2.24) is 19.6 Å². The number of aryl methyl sites for hydroxylation is 1. The van der Waals surface area contributed by atoms with E-state index in [1.165, 1.54) is 82.6 Å². The van der Waals surface area contributed by atoms with Crippen molar-refractivity contribution in [3.05, 3.63) is 36.8 Å². The lowest BCUT2D eigenvalue weighted by molar-refractivity contribution is -0.140. The number of amides is 1. The molecule has 1 aliphatic heterocycles. The quantitative estimate of drug-likeness (QED) is 0.0337. The first-order chi connectivity index (χ1) is 28.3. The fourth-order valence-electron chi connectivity index (χ4n) is 7.18. The number of carboxylic acids is 3. The Kier molecular flexibility index (Phi) is 28.0. The number of phosphoric acid groups is 1. The molecule has 1 amide bonds. The molecule has 1 aromatic rings. The van der Waals surface area contributed by atoms with Gasteiger partial charge in [0.05, 0.1) is 39.7 Å². The third-order valence-corrected chi connectivity index (χ3v) is 11.5. The Labute approximate surface area is 352 Å². The molecule has 5 N–H and O–H groups in total. The SMILES string of the molecule is [CH2+]COP(=O)(O)OCCCCCCCCCCCCCCCCCCc1ccc(NC(=O)CN2CCN(CC(=O)O)CCN(CC(=O)O)CCN(CC(=O)O)CC2)cc1. The molecule has 1 unspecified atom stereocenters. The molecular formula is C42H73N5O11P+. The van der Waals surface area contributed by atoms with Crippen LogP contribution in [-0.2, 0) is 39.2 Å². The van der Waals surface area contributed by atoms with Crippen LogP contribution in [0.15, 0.2) is 24.3 Å². The maximum Gasteiger partial charge on any atom is 0.475 e. The van der Waals surface area contributed by atoms with Crippen LogP contribution in [0.2, 0.25) is 0 Å². The molecule has 1 saturated heterocycles. The fraction of sp³-hybridized carbons (Fsp3) is 0.738. The number of carbonyl (C=O) groups excluding carboxylic acids is 1. The summed E-state index contributed by atoms with van der Waals surface area (Å²) in [6.45, 7) is 5.71. The number of hydrogen-bond donors (Lipinski definition) is 5. The topological polar surface area (TPSA) is 210 Å². The molecule has 1 heterocycles. The molecule has 0 aliphatic carbocycles. The summed E-state index contributed by atoms with van der Waals surface area (Å²) in [6.07, 6.45) is 20.2.